The van der Waals surface area contributed by atoms with Crippen LogP contribution in [0.1, 0.15) is 24.2 Å². The average molecular weight is 497 g/mol. The molecular weight excluding hydrogens is 476 g/mol. The first-order valence-electron chi connectivity index (χ1n) is 8.95. The van der Waals surface area contributed by atoms with E-state index in [9.17, 15) is 13.2 Å². The highest BCUT2D eigenvalue weighted by molar-refractivity contribution is 9.10. The Bertz CT molecular complexity index is 1230. The van der Waals surface area contributed by atoms with Crippen molar-refractivity contribution in [3.63, 3.8) is 0 Å². The fraction of sp³-hybridized carbons (Fsp3) is 0.300. The van der Waals surface area contributed by atoms with Crippen molar-refractivity contribution in [2.75, 3.05) is 13.7 Å². The lowest BCUT2D eigenvalue weighted by atomic mass is 10.2. The summed E-state index contributed by atoms with van der Waals surface area (Å²) in [5.74, 6) is -0.484. The predicted octanol–water partition coefficient (Wildman–Crippen LogP) is 4.03. The smallest absolute Gasteiger partial charge is 0.279 e. The van der Waals surface area contributed by atoms with Gasteiger partial charge < -0.3 is 9.30 Å². The molecule has 154 valence electrons. The molecule has 0 aliphatic rings. The average Bonchev–Trinajstić information content (AvgIpc) is 3.02. The van der Waals surface area contributed by atoms with Crippen molar-refractivity contribution < 1.29 is 17.9 Å². The lowest BCUT2D eigenvalue weighted by Gasteiger charge is -2.08. The first kappa shape index (κ1) is 21.9. The number of carbonyl (C=O) groups is 1. The molecule has 1 heterocycles. The molecule has 0 N–H and O–H groups in total. The van der Waals surface area contributed by atoms with E-state index in [1.165, 1.54) is 23.5 Å². The summed E-state index contributed by atoms with van der Waals surface area (Å²) < 4.78 is 33.9. The van der Waals surface area contributed by atoms with Crippen LogP contribution in [0, 0.1) is 0 Å². The Morgan fingerprint density at radius 2 is 2.00 bits per heavy atom. The van der Waals surface area contributed by atoms with Gasteiger partial charge in [0.1, 0.15) is 0 Å². The molecule has 0 radical (unpaired) electrons. The third kappa shape index (κ3) is 4.69. The highest BCUT2D eigenvalue weighted by Crippen LogP contribution is 2.23. The van der Waals surface area contributed by atoms with Crippen LogP contribution in [-0.2, 0) is 21.1 Å². The van der Waals surface area contributed by atoms with Crippen molar-refractivity contribution in [2.24, 2.45) is 4.99 Å². The Balaban J connectivity index is 2.08. The molecule has 0 spiro atoms. The Kier molecular flexibility index (Phi) is 6.72. The van der Waals surface area contributed by atoms with Gasteiger partial charge in [0.2, 0.25) is 0 Å². The van der Waals surface area contributed by atoms with Gasteiger partial charge in [0, 0.05) is 23.7 Å². The van der Waals surface area contributed by atoms with Gasteiger partial charge in [0.05, 0.1) is 27.0 Å². The number of sulfone groups is 1. The second-order valence-corrected chi connectivity index (χ2v) is 11.1. The summed E-state index contributed by atoms with van der Waals surface area (Å²) >= 11 is 4.86. The van der Waals surface area contributed by atoms with E-state index in [2.05, 4.69) is 20.9 Å². The number of hydrogen-bond donors (Lipinski definition) is 0. The van der Waals surface area contributed by atoms with E-state index in [0.29, 0.717) is 18.0 Å². The van der Waals surface area contributed by atoms with Crippen LogP contribution in [0.25, 0.3) is 10.2 Å². The molecule has 0 aliphatic heterocycles. The highest BCUT2D eigenvalue weighted by atomic mass is 79.9. The van der Waals surface area contributed by atoms with E-state index < -0.39 is 21.0 Å². The van der Waals surface area contributed by atoms with E-state index >= 15 is 0 Å². The molecule has 1 amide bonds. The maximum absolute atomic E-state index is 12.8. The zero-order valence-corrected chi connectivity index (χ0v) is 19.5. The molecule has 0 saturated carbocycles. The SMILES string of the molecule is COCCn1c(=NC(=O)c2cccc(S(=O)(=O)C(C)C)c2)sc2cc(Br)ccc21. The topological polar surface area (TPSA) is 77.7 Å². The summed E-state index contributed by atoms with van der Waals surface area (Å²) in [5.41, 5.74) is 1.20. The van der Waals surface area contributed by atoms with Crippen molar-refractivity contribution in [1.82, 2.24) is 4.57 Å². The lowest BCUT2D eigenvalue weighted by Crippen LogP contribution is -2.19. The molecule has 0 unspecified atom stereocenters. The monoisotopic (exact) mass is 496 g/mol. The van der Waals surface area contributed by atoms with Crippen LogP contribution < -0.4 is 4.80 Å². The second-order valence-electron chi connectivity index (χ2n) is 6.68. The minimum absolute atomic E-state index is 0.126. The van der Waals surface area contributed by atoms with Crippen molar-refractivity contribution in [2.45, 2.75) is 30.5 Å². The molecule has 6 nitrogen and oxygen atoms in total. The third-order valence-electron chi connectivity index (χ3n) is 4.39. The fourth-order valence-corrected chi connectivity index (χ4v) is 5.47. The molecule has 9 heteroatoms. The van der Waals surface area contributed by atoms with Crippen molar-refractivity contribution in [1.29, 1.82) is 0 Å². The number of fused-ring (bicyclic) bond motifs is 1. The molecule has 0 fully saturated rings. The summed E-state index contributed by atoms with van der Waals surface area (Å²) in [7, 11) is -1.85. The van der Waals surface area contributed by atoms with Gasteiger partial charge in [0.25, 0.3) is 5.91 Å². The molecule has 0 bridgehead atoms. The molecule has 3 aromatic rings. The molecule has 0 atom stereocenters. The number of benzene rings is 2. The summed E-state index contributed by atoms with van der Waals surface area (Å²) in [4.78, 5) is 17.8. The van der Waals surface area contributed by atoms with Gasteiger partial charge in [-0.2, -0.15) is 4.99 Å². The maximum atomic E-state index is 12.8. The Morgan fingerprint density at radius 3 is 2.69 bits per heavy atom. The van der Waals surface area contributed by atoms with E-state index in [4.69, 9.17) is 4.74 Å². The Morgan fingerprint density at radius 1 is 1.24 bits per heavy atom. The van der Waals surface area contributed by atoms with Gasteiger partial charge in [-0.1, -0.05) is 33.3 Å². The van der Waals surface area contributed by atoms with Crippen LogP contribution in [-0.4, -0.2) is 37.9 Å². The first-order chi connectivity index (χ1) is 13.7. The Hall–Kier alpha value is -1.81. The molecule has 0 aliphatic carbocycles. The Labute approximate surface area is 181 Å². The summed E-state index contributed by atoms with van der Waals surface area (Å²) in [5, 5.41) is -0.568. The number of amides is 1. The first-order valence-corrected chi connectivity index (χ1v) is 12.1. The minimum atomic E-state index is -3.47. The summed E-state index contributed by atoms with van der Waals surface area (Å²) in [6.07, 6.45) is 0. The number of methoxy groups -OCH3 is 1. The van der Waals surface area contributed by atoms with Crippen LogP contribution in [0.3, 0.4) is 0 Å². The van der Waals surface area contributed by atoms with Crippen molar-refractivity contribution in [3.8, 4) is 0 Å². The van der Waals surface area contributed by atoms with Gasteiger partial charge in [-0.25, -0.2) is 8.42 Å². The number of thiazole rings is 1. The van der Waals surface area contributed by atoms with Crippen LogP contribution in [0.2, 0.25) is 0 Å². The highest BCUT2D eigenvalue weighted by Gasteiger charge is 2.20. The molecule has 0 saturated heterocycles. The number of hydrogen-bond acceptors (Lipinski definition) is 5. The summed E-state index contributed by atoms with van der Waals surface area (Å²) in [6.45, 7) is 4.25. The number of ether oxygens (including phenoxy) is 1. The van der Waals surface area contributed by atoms with E-state index in [0.717, 1.165) is 14.7 Å². The van der Waals surface area contributed by atoms with Gasteiger partial charge in [-0.05, 0) is 50.2 Å². The van der Waals surface area contributed by atoms with Gasteiger partial charge in [-0.15, -0.1) is 0 Å². The number of rotatable bonds is 6. The van der Waals surface area contributed by atoms with Gasteiger partial charge in [0.15, 0.2) is 14.6 Å². The molecular formula is C20H21BrN2O4S2. The van der Waals surface area contributed by atoms with Crippen LogP contribution in [0.4, 0.5) is 0 Å². The van der Waals surface area contributed by atoms with Crippen LogP contribution >= 0.6 is 27.3 Å². The zero-order chi connectivity index (χ0) is 21.2. The van der Waals surface area contributed by atoms with Crippen LogP contribution in [0.5, 0.6) is 0 Å². The van der Waals surface area contributed by atoms with Crippen molar-refractivity contribution in [3.05, 3.63) is 57.3 Å². The molecule has 2 aromatic carbocycles. The van der Waals surface area contributed by atoms with E-state index in [-0.39, 0.29) is 10.5 Å². The summed E-state index contributed by atoms with van der Waals surface area (Å²) in [6, 6.07) is 11.9. The van der Waals surface area contributed by atoms with Crippen molar-refractivity contribution >= 4 is 53.2 Å². The minimum Gasteiger partial charge on any atom is -0.383 e. The standard InChI is InChI=1S/C20H21BrN2O4S2/c1-13(2)29(25,26)16-6-4-5-14(11-16)19(24)22-20-23(9-10-27-3)17-8-7-15(21)12-18(17)28-20/h4-8,11-13H,9-10H2,1-3H3. The predicted molar refractivity (Wildman–Crippen MR) is 118 cm³/mol. The van der Waals surface area contributed by atoms with Gasteiger partial charge >= 0.3 is 0 Å². The van der Waals surface area contributed by atoms with E-state index in [1.54, 1.807) is 33.1 Å². The normalized spacial score (nSPS) is 12.8. The lowest BCUT2D eigenvalue weighted by molar-refractivity contribution is 0.0997. The number of carbonyl (C=O) groups excluding carboxylic acids is 1. The number of aromatic nitrogens is 1. The number of nitrogens with zero attached hydrogens (tertiary/aromatic N) is 2. The van der Waals surface area contributed by atoms with Gasteiger partial charge in [-0.3, -0.25) is 4.79 Å². The third-order valence-corrected chi connectivity index (χ3v) is 8.08. The zero-order valence-electron chi connectivity index (χ0n) is 16.3. The maximum Gasteiger partial charge on any atom is 0.279 e. The fourth-order valence-electron chi connectivity index (χ4n) is 2.76. The largest absolute Gasteiger partial charge is 0.383 e. The molecule has 3 rings (SSSR count). The number of halogens is 1. The quantitative estimate of drug-likeness (QED) is 0.515. The van der Waals surface area contributed by atoms with Crippen LogP contribution in [0.15, 0.2) is 56.8 Å². The molecule has 1 aromatic heterocycles. The van der Waals surface area contributed by atoms with E-state index in [1.807, 2.05) is 22.8 Å². The molecule has 29 heavy (non-hydrogen) atoms. The second kappa shape index (κ2) is 8.91.